The maximum atomic E-state index is 12.3. The number of sulfonamides is 1. The predicted octanol–water partition coefficient (Wildman–Crippen LogP) is 3.25. The number of benzene rings is 1. The van der Waals surface area contributed by atoms with Crippen LogP contribution in [0.1, 0.15) is 51.9 Å². The SMILES string of the molecule is CCCCCCCCCNS(=O)(=O)c1cccc2nonc12. The van der Waals surface area contributed by atoms with Crippen LogP contribution in [0.5, 0.6) is 0 Å². The summed E-state index contributed by atoms with van der Waals surface area (Å²) < 4.78 is 31.8. The summed E-state index contributed by atoms with van der Waals surface area (Å²) in [6.45, 7) is 2.64. The standard InChI is InChI=1S/C15H23N3O3S/c1-2-3-4-5-6-7-8-12-16-22(19,20)14-11-9-10-13-15(14)18-21-17-13/h9-11,16H,2-8,12H2,1H3. The first-order valence-corrected chi connectivity index (χ1v) is 9.34. The highest BCUT2D eigenvalue weighted by molar-refractivity contribution is 7.89. The number of rotatable bonds is 10. The van der Waals surface area contributed by atoms with E-state index in [1.807, 2.05) is 0 Å². The van der Waals surface area contributed by atoms with Gasteiger partial charge in [0.1, 0.15) is 10.4 Å². The van der Waals surface area contributed by atoms with Crippen molar-refractivity contribution in [1.82, 2.24) is 15.0 Å². The fourth-order valence-corrected chi connectivity index (χ4v) is 3.59. The Bertz CT molecular complexity index is 682. The van der Waals surface area contributed by atoms with Crippen molar-refractivity contribution in [2.24, 2.45) is 0 Å². The minimum Gasteiger partial charge on any atom is -0.243 e. The topological polar surface area (TPSA) is 85.1 Å². The molecule has 0 amide bonds. The number of unbranched alkanes of at least 4 members (excludes halogenated alkanes) is 6. The molecule has 2 rings (SSSR count). The molecule has 1 aromatic heterocycles. The van der Waals surface area contributed by atoms with Gasteiger partial charge < -0.3 is 0 Å². The third-order valence-corrected chi connectivity index (χ3v) is 5.10. The normalized spacial score (nSPS) is 12.0. The van der Waals surface area contributed by atoms with Crippen LogP contribution in [0.25, 0.3) is 11.0 Å². The molecule has 0 saturated carbocycles. The molecule has 0 radical (unpaired) electrons. The van der Waals surface area contributed by atoms with Crippen LogP contribution < -0.4 is 4.72 Å². The van der Waals surface area contributed by atoms with Gasteiger partial charge in [-0.1, -0.05) is 51.5 Å². The summed E-state index contributed by atoms with van der Waals surface area (Å²) in [6.07, 6.45) is 8.06. The Labute approximate surface area is 131 Å². The van der Waals surface area contributed by atoms with E-state index in [9.17, 15) is 8.42 Å². The number of fused-ring (bicyclic) bond motifs is 1. The van der Waals surface area contributed by atoms with Gasteiger partial charge in [-0.3, -0.25) is 0 Å². The summed E-state index contributed by atoms with van der Waals surface area (Å²) in [7, 11) is -3.57. The van der Waals surface area contributed by atoms with Crippen molar-refractivity contribution in [3.05, 3.63) is 18.2 Å². The quantitative estimate of drug-likeness (QED) is 0.678. The van der Waals surface area contributed by atoms with Crippen LogP contribution in [0.3, 0.4) is 0 Å². The van der Waals surface area contributed by atoms with Gasteiger partial charge in [0, 0.05) is 6.54 Å². The molecule has 0 unspecified atom stereocenters. The molecular formula is C15H23N3O3S. The summed E-state index contributed by atoms with van der Waals surface area (Å²) in [5.41, 5.74) is 0.716. The van der Waals surface area contributed by atoms with Crippen molar-refractivity contribution < 1.29 is 13.0 Å². The summed E-state index contributed by atoms with van der Waals surface area (Å²) in [5.74, 6) is 0. The lowest BCUT2D eigenvalue weighted by molar-refractivity contribution is 0.315. The Morgan fingerprint density at radius 3 is 2.55 bits per heavy atom. The second kappa shape index (κ2) is 8.24. The molecule has 2 aromatic rings. The van der Waals surface area contributed by atoms with Crippen molar-refractivity contribution in [1.29, 1.82) is 0 Å². The van der Waals surface area contributed by atoms with Crippen LogP contribution in [0.4, 0.5) is 0 Å². The third kappa shape index (κ3) is 4.51. The van der Waals surface area contributed by atoms with Crippen LogP contribution in [-0.2, 0) is 10.0 Å². The first kappa shape index (κ1) is 16.9. The molecular weight excluding hydrogens is 302 g/mol. The number of nitrogens with one attached hydrogen (secondary N) is 1. The molecule has 0 saturated heterocycles. The zero-order chi connectivity index (χ0) is 15.8. The zero-order valence-electron chi connectivity index (χ0n) is 12.9. The van der Waals surface area contributed by atoms with E-state index in [4.69, 9.17) is 0 Å². The van der Waals surface area contributed by atoms with Crippen molar-refractivity contribution in [2.45, 2.75) is 56.8 Å². The number of hydrogen-bond acceptors (Lipinski definition) is 5. The van der Waals surface area contributed by atoms with Gasteiger partial charge in [0.05, 0.1) is 0 Å². The van der Waals surface area contributed by atoms with Crippen molar-refractivity contribution in [3.8, 4) is 0 Å². The third-order valence-electron chi connectivity index (χ3n) is 3.61. The molecule has 0 aliphatic rings. The Hall–Kier alpha value is -1.47. The van der Waals surface area contributed by atoms with Crippen molar-refractivity contribution in [2.75, 3.05) is 6.54 Å². The van der Waals surface area contributed by atoms with E-state index >= 15 is 0 Å². The summed E-state index contributed by atoms with van der Waals surface area (Å²) in [4.78, 5) is 0.120. The minimum atomic E-state index is -3.57. The Kier molecular flexibility index (Phi) is 6.33. The molecule has 0 fully saturated rings. The average Bonchev–Trinajstić information content (AvgIpc) is 2.98. The predicted molar refractivity (Wildman–Crippen MR) is 85.0 cm³/mol. The van der Waals surface area contributed by atoms with E-state index in [1.54, 1.807) is 12.1 Å². The molecule has 6 nitrogen and oxygen atoms in total. The van der Waals surface area contributed by atoms with Gasteiger partial charge in [-0.05, 0) is 28.9 Å². The van der Waals surface area contributed by atoms with Gasteiger partial charge in [0.15, 0.2) is 5.52 Å². The molecule has 0 aliphatic carbocycles. The zero-order valence-corrected chi connectivity index (χ0v) is 13.7. The van der Waals surface area contributed by atoms with Crippen LogP contribution in [0.15, 0.2) is 27.7 Å². The average molecular weight is 325 g/mol. The van der Waals surface area contributed by atoms with E-state index in [2.05, 4.69) is 26.6 Å². The lowest BCUT2D eigenvalue weighted by Gasteiger charge is -2.06. The smallest absolute Gasteiger partial charge is 0.242 e. The minimum absolute atomic E-state index is 0.120. The van der Waals surface area contributed by atoms with Crippen LogP contribution >= 0.6 is 0 Å². The lowest BCUT2D eigenvalue weighted by atomic mass is 10.1. The van der Waals surface area contributed by atoms with Gasteiger partial charge in [-0.25, -0.2) is 17.8 Å². The van der Waals surface area contributed by atoms with E-state index in [0.29, 0.717) is 12.1 Å². The fourth-order valence-electron chi connectivity index (χ4n) is 2.36. The van der Waals surface area contributed by atoms with Crippen molar-refractivity contribution >= 4 is 21.1 Å². The monoisotopic (exact) mass is 325 g/mol. The van der Waals surface area contributed by atoms with Crippen molar-refractivity contribution in [3.63, 3.8) is 0 Å². The van der Waals surface area contributed by atoms with Gasteiger partial charge >= 0.3 is 0 Å². The second-order valence-corrected chi connectivity index (χ2v) is 7.14. The van der Waals surface area contributed by atoms with E-state index < -0.39 is 10.0 Å². The summed E-state index contributed by atoms with van der Waals surface area (Å²) in [5, 5.41) is 7.33. The molecule has 7 heteroatoms. The number of aromatic nitrogens is 2. The Morgan fingerprint density at radius 1 is 1.05 bits per heavy atom. The maximum absolute atomic E-state index is 12.3. The number of nitrogens with zero attached hydrogens (tertiary/aromatic N) is 2. The highest BCUT2D eigenvalue weighted by atomic mass is 32.2. The molecule has 1 aromatic carbocycles. The molecule has 1 N–H and O–H groups in total. The first-order chi connectivity index (χ1) is 10.6. The van der Waals surface area contributed by atoms with Crippen LogP contribution in [-0.4, -0.2) is 25.3 Å². The van der Waals surface area contributed by atoms with Crippen LogP contribution in [0, 0.1) is 0 Å². The van der Waals surface area contributed by atoms with Gasteiger partial charge in [0.2, 0.25) is 10.0 Å². The molecule has 0 spiro atoms. The van der Waals surface area contributed by atoms with Gasteiger partial charge in [-0.15, -0.1) is 0 Å². The fraction of sp³-hybridized carbons (Fsp3) is 0.600. The maximum Gasteiger partial charge on any atom is 0.242 e. The summed E-state index contributed by atoms with van der Waals surface area (Å²) >= 11 is 0. The second-order valence-electron chi connectivity index (χ2n) is 5.41. The van der Waals surface area contributed by atoms with Gasteiger partial charge in [-0.2, -0.15) is 0 Å². The van der Waals surface area contributed by atoms with E-state index in [1.165, 1.54) is 31.7 Å². The van der Waals surface area contributed by atoms with Crippen LogP contribution in [0.2, 0.25) is 0 Å². The highest BCUT2D eigenvalue weighted by Gasteiger charge is 2.19. The molecule has 22 heavy (non-hydrogen) atoms. The molecule has 0 atom stereocenters. The molecule has 1 heterocycles. The van der Waals surface area contributed by atoms with Gasteiger partial charge in [0.25, 0.3) is 0 Å². The summed E-state index contributed by atoms with van der Waals surface area (Å²) in [6, 6.07) is 4.82. The largest absolute Gasteiger partial charge is 0.243 e. The van der Waals surface area contributed by atoms with E-state index in [-0.39, 0.29) is 10.4 Å². The van der Waals surface area contributed by atoms with E-state index in [0.717, 1.165) is 19.3 Å². The molecule has 122 valence electrons. The number of hydrogen-bond donors (Lipinski definition) is 1. The molecule has 0 aliphatic heterocycles. The first-order valence-electron chi connectivity index (χ1n) is 7.86. The molecule has 0 bridgehead atoms. The Morgan fingerprint density at radius 2 is 1.77 bits per heavy atom. The lowest BCUT2D eigenvalue weighted by Crippen LogP contribution is -2.25. The highest BCUT2D eigenvalue weighted by Crippen LogP contribution is 2.19. The Balaban J connectivity index is 1.81.